The Bertz CT molecular complexity index is 437. The summed E-state index contributed by atoms with van der Waals surface area (Å²) in [5, 5.41) is 2.94. The lowest BCUT2D eigenvalue weighted by molar-refractivity contribution is 0.0899. The molecule has 3 N–H and O–H groups in total. The van der Waals surface area contributed by atoms with E-state index >= 15 is 0 Å². The van der Waals surface area contributed by atoms with Gasteiger partial charge in [-0.3, -0.25) is 4.79 Å². The molecule has 1 unspecified atom stereocenters. The summed E-state index contributed by atoms with van der Waals surface area (Å²) in [6.45, 7) is 6.50. The molecule has 1 rings (SSSR count). The Hall–Kier alpha value is -0.000000000000000222. The Labute approximate surface area is 134 Å². The summed E-state index contributed by atoms with van der Waals surface area (Å²) in [6, 6.07) is 1.58. The number of thiophene rings is 1. The van der Waals surface area contributed by atoms with Crippen molar-refractivity contribution in [3.05, 3.63) is 20.3 Å². The molecule has 110 valence electrons. The van der Waals surface area contributed by atoms with Crippen LogP contribution in [0, 0.1) is 5.92 Å². The molecule has 0 saturated heterocycles. The van der Waals surface area contributed by atoms with Crippen molar-refractivity contribution < 1.29 is 4.79 Å². The van der Waals surface area contributed by atoms with E-state index in [0.29, 0.717) is 26.7 Å². The fourth-order valence-electron chi connectivity index (χ4n) is 1.92. The van der Waals surface area contributed by atoms with Crippen molar-refractivity contribution in [1.29, 1.82) is 0 Å². The topological polar surface area (TPSA) is 55.1 Å². The van der Waals surface area contributed by atoms with Gasteiger partial charge in [0.2, 0.25) is 0 Å². The average Bonchev–Trinajstić information content (AvgIpc) is 2.56. The first kappa shape index (κ1) is 19.0. The molecular formula is C12H19Cl3N2OS. The SMILES string of the molecule is CC(C)CC(C)(CN)NC(=O)c1cc(Cl)sc1Cl.Cl. The van der Waals surface area contributed by atoms with Crippen molar-refractivity contribution in [3.8, 4) is 0 Å². The second-order valence-corrected chi connectivity index (χ2v) is 7.34. The van der Waals surface area contributed by atoms with Gasteiger partial charge in [0.1, 0.15) is 4.34 Å². The number of hydrogen-bond donors (Lipinski definition) is 2. The maximum atomic E-state index is 12.1. The zero-order valence-corrected chi connectivity index (χ0v) is 14.3. The minimum absolute atomic E-state index is 0. The van der Waals surface area contributed by atoms with Gasteiger partial charge in [-0.2, -0.15) is 0 Å². The first-order valence-electron chi connectivity index (χ1n) is 5.75. The molecular weight excluding hydrogens is 327 g/mol. The highest BCUT2D eigenvalue weighted by Gasteiger charge is 2.27. The number of nitrogens with one attached hydrogen (secondary N) is 1. The summed E-state index contributed by atoms with van der Waals surface area (Å²) < 4.78 is 0.907. The van der Waals surface area contributed by atoms with Crippen LogP contribution in [0.25, 0.3) is 0 Å². The van der Waals surface area contributed by atoms with E-state index in [2.05, 4.69) is 19.2 Å². The number of carbonyl (C=O) groups is 1. The van der Waals surface area contributed by atoms with Crippen LogP contribution < -0.4 is 11.1 Å². The van der Waals surface area contributed by atoms with Crippen LogP contribution in [0.1, 0.15) is 37.6 Å². The van der Waals surface area contributed by atoms with E-state index in [1.165, 1.54) is 11.3 Å². The molecule has 1 amide bonds. The molecule has 0 fully saturated rings. The van der Waals surface area contributed by atoms with Gasteiger partial charge in [0, 0.05) is 12.1 Å². The first-order valence-corrected chi connectivity index (χ1v) is 7.32. The van der Waals surface area contributed by atoms with Gasteiger partial charge in [-0.05, 0) is 25.3 Å². The summed E-state index contributed by atoms with van der Waals surface area (Å²) in [7, 11) is 0. The lowest BCUT2D eigenvalue weighted by Gasteiger charge is -2.31. The molecule has 0 aliphatic heterocycles. The summed E-state index contributed by atoms with van der Waals surface area (Å²) in [6.07, 6.45) is 0.810. The molecule has 1 heterocycles. The van der Waals surface area contributed by atoms with Crippen LogP contribution in [0.15, 0.2) is 6.07 Å². The highest BCUT2D eigenvalue weighted by Crippen LogP contribution is 2.31. The minimum Gasteiger partial charge on any atom is -0.346 e. The van der Waals surface area contributed by atoms with Crippen LogP contribution in [0.2, 0.25) is 8.67 Å². The first-order chi connectivity index (χ1) is 8.27. The molecule has 0 aliphatic carbocycles. The van der Waals surface area contributed by atoms with Gasteiger partial charge in [0.05, 0.1) is 9.90 Å². The fourth-order valence-corrected chi connectivity index (χ4v) is 3.38. The van der Waals surface area contributed by atoms with Crippen molar-refractivity contribution in [2.24, 2.45) is 11.7 Å². The maximum Gasteiger partial charge on any atom is 0.254 e. The quantitative estimate of drug-likeness (QED) is 0.848. The van der Waals surface area contributed by atoms with Gasteiger partial charge in [-0.25, -0.2) is 0 Å². The predicted molar refractivity (Wildman–Crippen MR) is 86.0 cm³/mol. The molecule has 3 nitrogen and oxygen atoms in total. The lowest BCUT2D eigenvalue weighted by Crippen LogP contribution is -2.52. The second-order valence-electron chi connectivity index (χ2n) is 5.05. The Balaban J connectivity index is 0.00000324. The Morgan fingerprint density at radius 3 is 2.47 bits per heavy atom. The van der Waals surface area contributed by atoms with Crippen LogP contribution in [-0.2, 0) is 0 Å². The molecule has 0 spiro atoms. The molecule has 1 aromatic rings. The Kier molecular flexibility index (Phi) is 7.70. The van der Waals surface area contributed by atoms with Gasteiger partial charge >= 0.3 is 0 Å². The normalized spacial score (nSPS) is 13.8. The standard InChI is InChI=1S/C12H18Cl2N2OS.ClH/c1-7(2)5-12(3,6-15)16-11(17)8-4-9(13)18-10(8)14;/h4,7H,5-6,15H2,1-3H3,(H,16,17);1H. The Morgan fingerprint density at radius 1 is 1.53 bits per heavy atom. The zero-order chi connectivity index (χ0) is 13.9. The van der Waals surface area contributed by atoms with Crippen LogP contribution in [0.4, 0.5) is 0 Å². The largest absolute Gasteiger partial charge is 0.346 e. The van der Waals surface area contributed by atoms with Gasteiger partial charge < -0.3 is 11.1 Å². The zero-order valence-electron chi connectivity index (χ0n) is 11.1. The molecule has 19 heavy (non-hydrogen) atoms. The van der Waals surface area contributed by atoms with E-state index in [1.54, 1.807) is 6.07 Å². The third kappa shape index (κ3) is 5.48. The number of nitrogens with two attached hydrogens (primary N) is 1. The van der Waals surface area contributed by atoms with E-state index in [9.17, 15) is 4.79 Å². The van der Waals surface area contributed by atoms with Crippen LogP contribution >= 0.6 is 46.9 Å². The molecule has 0 radical (unpaired) electrons. The molecule has 1 atom stereocenters. The maximum absolute atomic E-state index is 12.1. The molecule has 0 aromatic carbocycles. The van der Waals surface area contributed by atoms with Crippen molar-refractivity contribution in [2.75, 3.05) is 6.54 Å². The van der Waals surface area contributed by atoms with E-state index < -0.39 is 5.54 Å². The number of halogens is 3. The number of carbonyl (C=O) groups excluding carboxylic acids is 1. The summed E-state index contributed by atoms with van der Waals surface area (Å²) in [5.74, 6) is 0.220. The second kappa shape index (κ2) is 7.70. The van der Waals surface area contributed by atoms with Crippen LogP contribution in [0.5, 0.6) is 0 Å². The molecule has 0 bridgehead atoms. The summed E-state index contributed by atoms with van der Waals surface area (Å²) in [4.78, 5) is 12.1. The van der Waals surface area contributed by atoms with Crippen molar-refractivity contribution in [1.82, 2.24) is 5.32 Å². The lowest BCUT2D eigenvalue weighted by atomic mass is 9.90. The third-order valence-electron chi connectivity index (χ3n) is 2.63. The van der Waals surface area contributed by atoms with E-state index in [4.69, 9.17) is 28.9 Å². The van der Waals surface area contributed by atoms with Crippen molar-refractivity contribution in [2.45, 2.75) is 32.7 Å². The van der Waals surface area contributed by atoms with Gasteiger partial charge in [-0.15, -0.1) is 23.7 Å². The highest BCUT2D eigenvalue weighted by atomic mass is 35.5. The summed E-state index contributed by atoms with van der Waals surface area (Å²) >= 11 is 13.0. The smallest absolute Gasteiger partial charge is 0.254 e. The van der Waals surface area contributed by atoms with Crippen LogP contribution in [-0.4, -0.2) is 18.0 Å². The molecule has 7 heteroatoms. The third-order valence-corrected chi connectivity index (χ3v) is 4.11. The van der Waals surface area contributed by atoms with Crippen molar-refractivity contribution in [3.63, 3.8) is 0 Å². The monoisotopic (exact) mass is 344 g/mol. The van der Waals surface area contributed by atoms with Crippen molar-refractivity contribution >= 4 is 52.9 Å². The van der Waals surface area contributed by atoms with E-state index in [1.807, 2.05) is 6.92 Å². The number of hydrogen-bond acceptors (Lipinski definition) is 3. The van der Waals surface area contributed by atoms with E-state index in [0.717, 1.165) is 6.42 Å². The number of rotatable bonds is 5. The van der Waals surface area contributed by atoms with E-state index in [-0.39, 0.29) is 18.3 Å². The minimum atomic E-state index is -0.428. The predicted octanol–water partition coefficient (Wildman–Crippen LogP) is 3.97. The molecule has 0 aliphatic rings. The van der Waals surface area contributed by atoms with Gasteiger partial charge in [0.15, 0.2) is 0 Å². The fraction of sp³-hybridized carbons (Fsp3) is 0.583. The molecule has 1 aromatic heterocycles. The van der Waals surface area contributed by atoms with Crippen LogP contribution in [0.3, 0.4) is 0 Å². The molecule has 0 saturated carbocycles. The Morgan fingerprint density at radius 2 is 2.11 bits per heavy atom. The highest BCUT2D eigenvalue weighted by molar-refractivity contribution is 7.20. The van der Waals surface area contributed by atoms with Gasteiger partial charge in [-0.1, -0.05) is 37.0 Å². The number of amides is 1. The van der Waals surface area contributed by atoms with Gasteiger partial charge in [0.25, 0.3) is 5.91 Å². The summed E-state index contributed by atoms with van der Waals surface area (Å²) in [5.41, 5.74) is 5.74. The average molecular weight is 346 g/mol.